The molecule has 2 rings (SSSR count). The lowest BCUT2D eigenvalue weighted by atomic mass is 10.0. The highest BCUT2D eigenvalue weighted by Gasteiger charge is 2.32. The van der Waals surface area contributed by atoms with Crippen molar-refractivity contribution in [2.24, 2.45) is 0 Å². The van der Waals surface area contributed by atoms with Gasteiger partial charge in [0.05, 0.1) is 12.3 Å². The average Bonchev–Trinajstić information content (AvgIpc) is 2.83. The van der Waals surface area contributed by atoms with Crippen molar-refractivity contribution in [3.63, 3.8) is 0 Å². The fraction of sp³-hybridized carbons (Fsp3) is 0.571. The summed E-state index contributed by atoms with van der Waals surface area (Å²) in [5.74, 6) is 0. The van der Waals surface area contributed by atoms with Gasteiger partial charge < -0.3 is 15.2 Å². The van der Waals surface area contributed by atoms with Crippen LogP contribution in [0.3, 0.4) is 0 Å². The summed E-state index contributed by atoms with van der Waals surface area (Å²) in [4.78, 5) is 0.182. The summed E-state index contributed by atoms with van der Waals surface area (Å²) < 4.78 is 32.3. The molecular weight excluding hydrogens is 292 g/mol. The number of para-hydroxylation sites is 1. The van der Waals surface area contributed by atoms with Gasteiger partial charge in [-0.3, -0.25) is 0 Å². The van der Waals surface area contributed by atoms with Gasteiger partial charge in [-0.15, -0.1) is 0 Å². The van der Waals surface area contributed by atoms with E-state index in [0.29, 0.717) is 18.7 Å². The maximum Gasteiger partial charge on any atom is 0.242 e. The summed E-state index contributed by atoms with van der Waals surface area (Å²) >= 11 is 0. The number of hydrogen-bond acceptors (Lipinski definition) is 5. The summed E-state index contributed by atoms with van der Waals surface area (Å²) in [7, 11) is -3.58. The summed E-state index contributed by atoms with van der Waals surface area (Å²) in [5.41, 5.74) is -0.464. The van der Waals surface area contributed by atoms with Crippen molar-refractivity contribution in [3.8, 4) is 0 Å². The summed E-state index contributed by atoms with van der Waals surface area (Å²) in [5, 5.41) is 13.3. The van der Waals surface area contributed by atoms with E-state index in [0.717, 1.165) is 0 Å². The highest BCUT2D eigenvalue weighted by molar-refractivity contribution is 7.89. The Hall–Kier alpha value is -1.15. The molecule has 1 saturated heterocycles. The third-order valence-electron chi connectivity index (χ3n) is 3.26. The molecular formula is C14H22N2O4S. The molecule has 1 aromatic rings. The highest BCUT2D eigenvalue weighted by atomic mass is 32.2. The molecule has 21 heavy (non-hydrogen) atoms. The molecule has 1 aliphatic heterocycles. The SMILES string of the molecule is CC(C)NS(=O)(=O)c1ccccc1NCC1(O)CCOC1. The average molecular weight is 314 g/mol. The normalized spacial score (nSPS) is 22.7. The quantitative estimate of drug-likeness (QED) is 0.727. The minimum absolute atomic E-state index is 0.182. The Kier molecular flexibility index (Phi) is 4.88. The largest absolute Gasteiger partial charge is 0.386 e. The van der Waals surface area contributed by atoms with E-state index in [1.807, 2.05) is 0 Å². The van der Waals surface area contributed by atoms with Crippen LogP contribution in [0.2, 0.25) is 0 Å². The number of hydrogen-bond donors (Lipinski definition) is 3. The van der Waals surface area contributed by atoms with Crippen LogP contribution in [0.4, 0.5) is 5.69 Å². The minimum Gasteiger partial charge on any atom is -0.386 e. The Bertz CT molecular complexity index is 580. The first kappa shape index (κ1) is 16.2. The van der Waals surface area contributed by atoms with Crippen molar-refractivity contribution in [2.45, 2.75) is 36.8 Å². The monoisotopic (exact) mass is 314 g/mol. The van der Waals surface area contributed by atoms with Crippen LogP contribution in [0.25, 0.3) is 0 Å². The standard InChI is InChI=1S/C14H22N2O4S/c1-11(2)16-21(18,19)13-6-4-3-5-12(13)15-9-14(17)7-8-20-10-14/h3-6,11,15-17H,7-10H2,1-2H3. The van der Waals surface area contributed by atoms with Gasteiger partial charge in [0.2, 0.25) is 10.0 Å². The van der Waals surface area contributed by atoms with Gasteiger partial charge in [0.15, 0.2) is 0 Å². The summed E-state index contributed by atoms with van der Waals surface area (Å²) in [6.07, 6.45) is 0.541. The molecule has 1 aromatic carbocycles. The molecule has 1 aliphatic rings. The molecule has 1 fully saturated rings. The van der Waals surface area contributed by atoms with Crippen molar-refractivity contribution in [2.75, 3.05) is 25.1 Å². The Labute approximate surface area is 125 Å². The Morgan fingerprint density at radius 3 is 2.71 bits per heavy atom. The second-order valence-corrected chi connectivity index (χ2v) is 7.34. The molecule has 6 nitrogen and oxygen atoms in total. The number of sulfonamides is 1. The van der Waals surface area contributed by atoms with Gasteiger partial charge >= 0.3 is 0 Å². The molecule has 0 amide bonds. The maximum absolute atomic E-state index is 12.3. The first-order valence-corrected chi connectivity index (χ1v) is 8.46. The van der Waals surface area contributed by atoms with Gasteiger partial charge in [-0.1, -0.05) is 12.1 Å². The van der Waals surface area contributed by atoms with Gasteiger partial charge in [0.1, 0.15) is 10.5 Å². The van der Waals surface area contributed by atoms with Gasteiger partial charge in [-0.05, 0) is 26.0 Å². The molecule has 0 saturated carbocycles. The van der Waals surface area contributed by atoms with Crippen molar-refractivity contribution in [1.29, 1.82) is 0 Å². The van der Waals surface area contributed by atoms with E-state index >= 15 is 0 Å². The van der Waals surface area contributed by atoms with Gasteiger partial charge in [-0.2, -0.15) is 0 Å². The van der Waals surface area contributed by atoms with Crippen LogP contribution in [0, 0.1) is 0 Å². The fourth-order valence-electron chi connectivity index (χ4n) is 2.22. The van der Waals surface area contributed by atoms with Crippen molar-refractivity contribution in [3.05, 3.63) is 24.3 Å². The van der Waals surface area contributed by atoms with Crippen LogP contribution >= 0.6 is 0 Å². The molecule has 7 heteroatoms. The van der Waals surface area contributed by atoms with Crippen molar-refractivity contribution < 1.29 is 18.3 Å². The number of aliphatic hydroxyl groups is 1. The molecule has 3 N–H and O–H groups in total. The molecule has 1 atom stereocenters. The van der Waals surface area contributed by atoms with E-state index in [4.69, 9.17) is 4.74 Å². The number of ether oxygens (including phenoxy) is 1. The van der Waals surface area contributed by atoms with Gasteiger partial charge in [0, 0.05) is 25.6 Å². The summed E-state index contributed by atoms with van der Waals surface area (Å²) in [6.45, 7) is 4.58. The fourth-order valence-corrected chi connectivity index (χ4v) is 3.65. The molecule has 118 valence electrons. The van der Waals surface area contributed by atoms with E-state index in [9.17, 15) is 13.5 Å². The lowest BCUT2D eigenvalue weighted by Gasteiger charge is -2.22. The molecule has 1 heterocycles. The first-order valence-electron chi connectivity index (χ1n) is 6.98. The minimum atomic E-state index is -3.58. The number of benzene rings is 1. The Morgan fingerprint density at radius 1 is 1.38 bits per heavy atom. The molecule has 0 radical (unpaired) electrons. The lowest BCUT2D eigenvalue weighted by Crippen LogP contribution is -2.38. The van der Waals surface area contributed by atoms with Crippen LogP contribution in [0.1, 0.15) is 20.3 Å². The van der Waals surface area contributed by atoms with E-state index in [1.165, 1.54) is 0 Å². The predicted octanol–water partition coefficient (Wildman–Crippen LogP) is 0.937. The number of nitrogens with one attached hydrogen (secondary N) is 2. The predicted molar refractivity (Wildman–Crippen MR) is 80.8 cm³/mol. The molecule has 0 bridgehead atoms. The Morgan fingerprint density at radius 2 is 2.10 bits per heavy atom. The second kappa shape index (κ2) is 6.31. The summed E-state index contributed by atoms with van der Waals surface area (Å²) in [6, 6.07) is 6.48. The number of rotatable bonds is 6. The van der Waals surface area contributed by atoms with Crippen LogP contribution in [0.5, 0.6) is 0 Å². The zero-order valence-corrected chi connectivity index (χ0v) is 13.1. The number of anilines is 1. The molecule has 0 aromatic heterocycles. The first-order chi connectivity index (χ1) is 9.82. The van der Waals surface area contributed by atoms with E-state index in [1.54, 1.807) is 38.1 Å². The van der Waals surface area contributed by atoms with E-state index in [-0.39, 0.29) is 24.1 Å². The molecule has 0 spiro atoms. The van der Waals surface area contributed by atoms with Crippen LogP contribution in [0.15, 0.2) is 29.2 Å². The van der Waals surface area contributed by atoms with E-state index in [2.05, 4.69) is 10.0 Å². The van der Waals surface area contributed by atoms with Crippen molar-refractivity contribution in [1.82, 2.24) is 4.72 Å². The van der Waals surface area contributed by atoms with E-state index < -0.39 is 15.6 Å². The topological polar surface area (TPSA) is 87.7 Å². The van der Waals surface area contributed by atoms with Crippen molar-refractivity contribution >= 4 is 15.7 Å². The van der Waals surface area contributed by atoms with Gasteiger partial charge in [-0.25, -0.2) is 13.1 Å². The molecule has 0 aliphatic carbocycles. The smallest absolute Gasteiger partial charge is 0.242 e. The van der Waals surface area contributed by atoms with Gasteiger partial charge in [0.25, 0.3) is 0 Å². The zero-order chi connectivity index (χ0) is 15.5. The van der Waals surface area contributed by atoms with Crippen LogP contribution in [-0.2, 0) is 14.8 Å². The molecule has 1 unspecified atom stereocenters. The third kappa shape index (κ3) is 4.16. The van der Waals surface area contributed by atoms with Crippen LogP contribution in [-0.4, -0.2) is 44.9 Å². The third-order valence-corrected chi connectivity index (χ3v) is 4.97. The lowest BCUT2D eigenvalue weighted by molar-refractivity contribution is 0.0381. The second-order valence-electron chi connectivity index (χ2n) is 5.65. The maximum atomic E-state index is 12.3. The highest BCUT2D eigenvalue weighted by Crippen LogP contribution is 2.24. The Balaban J connectivity index is 2.17. The zero-order valence-electron chi connectivity index (χ0n) is 12.3. The van der Waals surface area contributed by atoms with Crippen LogP contribution < -0.4 is 10.0 Å².